The summed E-state index contributed by atoms with van der Waals surface area (Å²) in [4.78, 5) is 43.3. The second-order valence-electron chi connectivity index (χ2n) is 9.01. The molecule has 3 amide bonds. The molecule has 2 aromatic rings. The zero-order valence-corrected chi connectivity index (χ0v) is 22.6. The van der Waals surface area contributed by atoms with Crippen LogP contribution < -0.4 is 11.1 Å². The van der Waals surface area contributed by atoms with Gasteiger partial charge in [-0.25, -0.2) is 4.99 Å². The molecule has 0 bridgehead atoms. The maximum absolute atomic E-state index is 11.9. The van der Waals surface area contributed by atoms with Crippen LogP contribution in [0.4, 0.5) is 5.69 Å². The van der Waals surface area contributed by atoms with Gasteiger partial charge in [0.1, 0.15) is 0 Å². The Morgan fingerprint density at radius 3 is 2.37 bits per heavy atom. The summed E-state index contributed by atoms with van der Waals surface area (Å²) in [6.07, 6.45) is 14.0. The number of terminal acetylenes is 1. The number of carbonyl (C=O) groups is 3. The number of halogens is 1. The van der Waals surface area contributed by atoms with Crippen molar-refractivity contribution in [3.05, 3.63) is 64.7 Å². The maximum Gasteiger partial charge on any atom is 0.258 e. The summed E-state index contributed by atoms with van der Waals surface area (Å²) in [7, 11) is 0. The first kappa shape index (κ1) is 30.4. The van der Waals surface area contributed by atoms with E-state index < -0.39 is 0 Å². The van der Waals surface area contributed by atoms with E-state index in [4.69, 9.17) is 17.3 Å². The van der Waals surface area contributed by atoms with Crippen molar-refractivity contribution in [1.29, 1.82) is 0 Å². The van der Waals surface area contributed by atoms with Gasteiger partial charge in [0.15, 0.2) is 0 Å². The highest BCUT2D eigenvalue weighted by atomic mass is 35.5. The Morgan fingerprint density at radius 2 is 1.68 bits per heavy atom. The Balaban J connectivity index is 0.000000256. The zero-order chi connectivity index (χ0) is 27.9. The molecule has 3 N–H and O–H groups in total. The van der Waals surface area contributed by atoms with E-state index in [1.54, 1.807) is 29.2 Å². The van der Waals surface area contributed by atoms with Crippen molar-refractivity contribution in [2.75, 3.05) is 26.2 Å². The van der Waals surface area contributed by atoms with Crippen molar-refractivity contribution in [3.63, 3.8) is 0 Å². The number of guanidine groups is 1. The van der Waals surface area contributed by atoms with E-state index in [-0.39, 0.29) is 23.7 Å². The van der Waals surface area contributed by atoms with Crippen LogP contribution in [0.1, 0.15) is 54.4 Å². The van der Waals surface area contributed by atoms with Crippen molar-refractivity contribution < 1.29 is 14.4 Å². The minimum atomic E-state index is -0.346. The van der Waals surface area contributed by atoms with Crippen LogP contribution in [-0.2, 0) is 9.59 Å². The van der Waals surface area contributed by atoms with E-state index in [0.29, 0.717) is 29.2 Å². The zero-order valence-electron chi connectivity index (χ0n) is 21.9. The third-order valence-corrected chi connectivity index (χ3v) is 6.27. The number of likely N-dealkylation sites (tertiary alicyclic amines) is 2. The Morgan fingerprint density at radius 1 is 1.00 bits per heavy atom. The van der Waals surface area contributed by atoms with Gasteiger partial charge in [0.05, 0.1) is 12.2 Å². The molecule has 9 heteroatoms. The number of nitrogens with two attached hydrogens (primary N) is 1. The van der Waals surface area contributed by atoms with Crippen molar-refractivity contribution >= 4 is 41.0 Å². The predicted molar refractivity (Wildman–Crippen MR) is 152 cm³/mol. The van der Waals surface area contributed by atoms with Crippen LogP contribution >= 0.6 is 11.6 Å². The number of hydrogen-bond donors (Lipinski definition) is 2. The molecule has 0 atom stereocenters. The second kappa shape index (κ2) is 16.1. The lowest BCUT2D eigenvalue weighted by Crippen LogP contribution is -2.41. The van der Waals surface area contributed by atoms with Crippen LogP contribution in [0.15, 0.2) is 53.5 Å². The fourth-order valence-corrected chi connectivity index (χ4v) is 4.31. The van der Waals surface area contributed by atoms with Gasteiger partial charge < -0.3 is 15.5 Å². The van der Waals surface area contributed by atoms with Gasteiger partial charge in [0, 0.05) is 36.6 Å². The van der Waals surface area contributed by atoms with Gasteiger partial charge in [-0.2, -0.15) is 0 Å². The molecule has 0 radical (unpaired) electrons. The molecule has 0 spiro atoms. The number of nitrogens with one attached hydrogen (secondary N) is 1. The monoisotopic (exact) mass is 537 g/mol. The number of hydrogen-bond acceptors (Lipinski definition) is 4. The first-order valence-electron chi connectivity index (χ1n) is 12.7. The second-order valence-corrected chi connectivity index (χ2v) is 9.45. The minimum Gasteiger partial charge on any atom is -0.369 e. The van der Waals surface area contributed by atoms with Crippen LogP contribution in [-0.4, -0.2) is 59.7 Å². The van der Waals surface area contributed by atoms with Gasteiger partial charge in [-0.1, -0.05) is 36.2 Å². The molecular weight excluding hydrogens is 502 g/mol. The van der Waals surface area contributed by atoms with E-state index in [9.17, 15) is 14.4 Å². The lowest BCUT2D eigenvalue weighted by Gasteiger charge is -2.23. The lowest BCUT2D eigenvalue weighted by atomic mass is 10.2. The third-order valence-electron chi connectivity index (χ3n) is 6.04. The summed E-state index contributed by atoms with van der Waals surface area (Å²) in [6.45, 7) is 4.78. The van der Waals surface area contributed by atoms with Crippen LogP contribution in [0, 0.1) is 19.8 Å². The topological polar surface area (TPSA) is 108 Å². The Bertz CT molecular complexity index is 1140. The Kier molecular flexibility index (Phi) is 12.9. The van der Waals surface area contributed by atoms with Gasteiger partial charge in [0.2, 0.25) is 17.8 Å². The molecule has 2 aliphatic heterocycles. The molecule has 2 saturated heterocycles. The highest BCUT2D eigenvalue weighted by Gasteiger charge is 2.23. The number of aryl methyl sites for hydroxylation is 1. The number of carbonyl (C=O) groups excluding carboxylic acids is 3. The molecule has 202 valence electrons. The lowest BCUT2D eigenvalue weighted by molar-refractivity contribution is -0.139. The molecule has 0 aromatic heterocycles. The van der Waals surface area contributed by atoms with Gasteiger partial charge in [-0.05, 0) is 68.5 Å². The van der Waals surface area contributed by atoms with E-state index in [1.807, 2.05) is 36.1 Å². The predicted octanol–water partition coefficient (Wildman–Crippen LogP) is 4.29. The minimum absolute atomic E-state index is 0.0422. The molecule has 2 aliphatic rings. The van der Waals surface area contributed by atoms with E-state index >= 15 is 0 Å². The highest BCUT2D eigenvalue weighted by molar-refractivity contribution is 6.31. The van der Waals surface area contributed by atoms with E-state index in [0.717, 1.165) is 57.3 Å². The number of rotatable bonds is 4. The first-order chi connectivity index (χ1) is 18.3. The summed E-state index contributed by atoms with van der Waals surface area (Å²) < 4.78 is 0. The van der Waals surface area contributed by atoms with Crippen LogP contribution in [0.2, 0.25) is 5.02 Å². The van der Waals surface area contributed by atoms with Crippen molar-refractivity contribution in [3.8, 4) is 12.8 Å². The average molecular weight is 538 g/mol. The summed E-state index contributed by atoms with van der Waals surface area (Å²) in [5.41, 5.74) is 7.91. The van der Waals surface area contributed by atoms with Crippen LogP contribution in [0.3, 0.4) is 0 Å². The van der Waals surface area contributed by atoms with Gasteiger partial charge in [0.25, 0.3) is 5.91 Å². The smallest absolute Gasteiger partial charge is 0.258 e. The number of aliphatic imine (C=N–C) groups is 1. The largest absolute Gasteiger partial charge is 0.369 e. The third kappa shape index (κ3) is 10.3. The normalized spacial score (nSPS) is 15.4. The molecule has 8 nitrogen and oxygen atoms in total. The quantitative estimate of drug-likeness (QED) is 0.344. The molecule has 0 aliphatic carbocycles. The SMILES string of the molecule is C#C.Cc1cccc(N=C(N)NC(=O)c2cccc(Cl)c2)c1.O=C(CN1CCCCCC1=O)N1CCCC1. The summed E-state index contributed by atoms with van der Waals surface area (Å²) in [6, 6.07) is 14.1. The molecular formula is C29H36ClN5O3. The van der Waals surface area contributed by atoms with Crippen molar-refractivity contribution in [2.45, 2.75) is 45.4 Å². The van der Waals surface area contributed by atoms with Crippen molar-refractivity contribution in [2.24, 2.45) is 10.7 Å². The standard InChI is InChI=1S/C15H14ClN3O.C12H20N2O2.C2H2/c1-10-4-2-7-13(8-10)18-15(17)19-14(20)11-5-3-6-12(16)9-11;15-11-6-2-1-3-9-14(11)10-12(16)13-7-4-5-8-13;1-2/h2-9H,1H3,(H3,17,18,19,20);1-10H2;1-2H. The number of benzene rings is 2. The van der Waals surface area contributed by atoms with Crippen LogP contribution in [0.25, 0.3) is 0 Å². The Hall–Kier alpha value is -3.83. The van der Waals surface area contributed by atoms with Crippen LogP contribution in [0.5, 0.6) is 0 Å². The van der Waals surface area contributed by atoms with Crippen molar-refractivity contribution in [1.82, 2.24) is 15.1 Å². The van der Waals surface area contributed by atoms with Gasteiger partial charge in [-0.15, -0.1) is 12.8 Å². The fourth-order valence-electron chi connectivity index (χ4n) is 4.12. The van der Waals surface area contributed by atoms with E-state index in [2.05, 4.69) is 23.2 Å². The molecule has 38 heavy (non-hydrogen) atoms. The first-order valence-corrected chi connectivity index (χ1v) is 13.1. The summed E-state index contributed by atoms with van der Waals surface area (Å²) in [5.74, 6) is -0.0141. The average Bonchev–Trinajstić information content (AvgIpc) is 3.37. The molecule has 4 rings (SSSR count). The Labute approximate surface area is 230 Å². The molecule has 2 fully saturated rings. The number of nitrogens with zero attached hydrogens (tertiary/aromatic N) is 3. The molecule has 2 aromatic carbocycles. The van der Waals surface area contributed by atoms with Gasteiger partial charge in [-0.3, -0.25) is 19.7 Å². The molecule has 2 heterocycles. The summed E-state index contributed by atoms with van der Waals surface area (Å²) >= 11 is 5.83. The van der Waals surface area contributed by atoms with Gasteiger partial charge >= 0.3 is 0 Å². The van der Waals surface area contributed by atoms with E-state index in [1.165, 1.54) is 0 Å². The molecule has 0 saturated carbocycles. The summed E-state index contributed by atoms with van der Waals surface area (Å²) in [5, 5.41) is 3.01. The molecule has 0 unspecified atom stereocenters. The highest BCUT2D eigenvalue weighted by Crippen LogP contribution is 2.14. The fraction of sp³-hybridized carbons (Fsp3) is 0.379. The maximum atomic E-state index is 11.9. The number of amides is 3.